The third-order valence-corrected chi connectivity index (χ3v) is 8.77. The Morgan fingerprint density at radius 1 is 1.19 bits per heavy atom. The summed E-state index contributed by atoms with van der Waals surface area (Å²) in [5.74, 6) is 0.865. The van der Waals surface area contributed by atoms with E-state index in [1.54, 1.807) is 37.4 Å². The maximum Gasteiger partial charge on any atom is 0.407 e. The van der Waals surface area contributed by atoms with Crippen LogP contribution in [0.1, 0.15) is 64.3 Å². The van der Waals surface area contributed by atoms with Crippen LogP contribution in [0.4, 0.5) is 4.79 Å². The molecule has 0 radical (unpaired) electrons. The number of hydrogen-bond donors (Lipinski definition) is 2. The van der Waals surface area contributed by atoms with Crippen LogP contribution in [0.25, 0.3) is 16.8 Å². The minimum Gasteiger partial charge on any atom is -0.444 e. The Bertz CT molecular complexity index is 1580. The first-order valence-electron chi connectivity index (χ1n) is 12.5. The van der Waals surface area contributed by atoms with Crippen molar-refractivity contribution >= 4 is 32.7 Å². The Balaban J connectivity index is 1.58. The van der Waals surface area contributed by atoms with Gasteiger partial charge in [-0.3, -0.25) is 4.40 Å². The SMILES string of the molecule is CC[C@@H]1C[C@H](NC(=O)OC(C)(C)C)C[C@@H]1c1nnc2c(S(=O)(=O)c3ccccc3C)nc3[nH]ccc3n12. The number of carbonyl (C=O) groups excluding carboxylic acids is 1. The zero-order chi connectivity index (χ0) is 26.5. The molecule has 0 bridgehead atoms. The minimum atomic E-state index is -3.97. The van der Waals surface area contributed by atoms with Crippen molar-refractivity contribution in [1.29, 1.82) is 0 Å². The van der Waals surface area contributed by atoms with Crippen molar-refractivity contribution in [3.05, 3.63) is 47.9 Å². The number of fused-ring (bicyclic) bond motifs is 3. The number of rotatable bonds is 5. The second kappa shape index (κ2) is 9.13. The molecule has 3 heterocycles. The fraction of sp³-hybridized carbons (Fsp3) is 0.462. The van der Waals surface area contributed by atoms with Crippen molar-refractivity contribution in [3.8, 4) is 0 Å². The number of aromatic nitrogens is 5. The van der Waals surface area contributed by atoms with Crippen molar-refractivity contribution in [2.24, 2.45) is 5.92 Å². The van der Waals surface area contributed by atoms with Crippen molar-refractivity contribution in [2.45, 2.75) is 81.4 Å². The lowest BCUT2D eigenvalue weighted by molar-refractivity contribution is 0.0504. The highest BCUT2D eigenvalue weighted by Gasteiger charge is 2.39. The molecule has 1 fully saturated rings. The molecule has 37 heavy (non-hydrogen) atoms. The highest BCUT2D eigenvalue weighted by Crippen LogP contribution is 2.42. The van der Waals surface area contributed by atoms with Crippen molar-refractivity contribution in [2.75, 3.05) is 0 Å². The third kappa shape index (κ3) is 4.56. The molecule has 1 aromatic carbocycles. The molecule has 0 saturated heterocycles. The number of sulfone groups is 1. The Labute approximate surface area is 215 Å². The Morgan fingerprint density at radius 2 is 1.95 bits per heavy atom. The van der Waals surface area contributed by atoms with Gasteiger partial charge in [0.15, 0.2) is 11.3 Å². The summed E-state index contributed by atoms with van der Waals surface area (Å²) in [5.41, 5.74) is 1.39. The topological polar surface area (TPSA) is 131 Å². The average molecular weight is 525 g/mol. The van der Waals surface area contributed by atoms with Crippen molar-refractivity contribution in [1.82, 2.24) is 29.9 Å². The average Bonchev–Trinajstić information content (AvgIpc) is 3.54. The Morgan fingerprint density at radius 3 is 2.65 bits per heavy atom. The number of hydrogen-bond acceptors (Lipinski definition) is 7. The first kappa shape index (κ1) is 25.2. The molecule has 5 rings (SSSR count). The van der Waals surface area contributed by atoms with Gasteiger partial charge in [0, 0.05) is 18.2 Å². The molecule has 3 atom stereocenters. The predicted octanol–water partition coefficient (Wildman–Crippen LogP) is 4.54. The summed E-state index contributed by atoms with van der Waals surface area (Å²) in [6.07, 6.45) is 3.58. The number of aryl methyl sites for hydroxylation is 1. The van der Waals surface area contributed by atoms with Gasteiger partial charge in [0.05, 0.1) is 10.4 Å². The van der Waals surface area contributed by atoms with Gasteiger partial charge in [-0.05, 0) is 64.2 Å². The van der Waals surface area contributed by atoms with Crippen LogP contribution in [0.2, 0.25) is 0 Å². The highest BCUT2D eigenvalue weighted by molar-refractivity contribution is 7.91. The fourth-order valence-corrected chi connectivity index (χ4v) is 6.86. The molecule has 1 amide bonds. The molecule has 196 valence electrons. The number of alkyl carbamates (subject to hydrolysis) is 1. The van der Waals surface area contributed by atoms with E-state index in [-0.39, 0.29) is 33.4 Å². The lowest BCUT2D eigenvalue weighted by atomic mass is 9.93. The van der Waals surface area contributed by atoms with Crippen LogP contribution in [-0.2, 0) is 14.6 Å². The molecule has 3 aromatic heterocycles. The lowest BCUT2D eigenvalue weighted by Crippen LogP contribution is -2.38. The molecule has 11 heteroatoms. The smallest absolute Gasteiger partial charge is 0.407 e. The zero-order valence-electron chi connectivity index (χ0n) is 21.6. The molecule has 1 aliphatic carbocycles. The van der Waals surface area contributed by atoms with E-state index < -0.39 is 21.5 Å². The quantitative estimate of drug-likeness (QED) is 0.392. The number of benzene rings is 1. The van der Waals surface area contributed by atoms with Crippen LogP contribution in [0.3, 0.4) is 0 Å². The van der Waals surface area contributed by atoms with E-state index in [9.17, 15) is 13.2 Å². The van der Waals surface area contributed by atoms with Gasteiger partial charge in [-0.25, -0.2) is 18.2 Å². The van der Waals surface area contributed by atoms with Crippen LogP contribution in [0, 0.1) is 12.8 Å². The van der Waals surface area contributed by atoms with Crippen LogP contribution >= 0.6 is 0 Å². The second-order valence-corrected chi connectivity index (χ2v) is 12.5. The number of amides is 1. The molecule has 4 aromatic rings. The highest BCUT2D eigenvalue weighted by atomic mass is 32.2. The number of nitrogens with zero attached hydrogens (tertiary/aromatic N) is 4. The number of ether oxygens (including phenoxy) is 1. The maximum atomic E-state index is 13.8. The molecular formula is C26H32N6O4S. The van der Waals surface area contributed by atoms with E-state index in [0.29, 0.717) is 29.0 Å². The molecule has 1 saturated carbocycles. The van der Waals surface area contributed by atoms with Gasteiger partial charge < -0.3 is 15.0 Å². The Hall–Kier alpha value is -3.47. The van der Waals surface area contributed by atoms with Crippen LogP contribution in [-0.4, -0.2) is 50.7 Å². The molecule has 0 unspecified atom stereocenters. The number of nitrogens with one attached hydrogen (secondary N) is 2. The van der Waals surface area contributed by atoms with E-state index in [1.807, 2.05) is 31.2 Å². The largest absolute Gasteiger partial charge is 0.444 e. The molecule has 10 nitrogen and oxygen atoms in total. The van der Waals surface area contributed by atoms with Gasteiger partial charge in [0.25, 0.3) is 0 Å². The monoisotopic (exact) mass is 524 g/mol. The van der Waals surface area contributed by atoms with Crippen molar-refractivity contribution < 1.29 is 17.9 Å². The van der Waals surface area contributed by atoms with Gasteiger partial charge in [-0.15, -0.1) is 10.2 Å². The standard InChI is InChI=1S/C26H32N6O4S/c1-6-16-13-17(28-25(33)36-26(3,4)5)14-18(16)22-30-31-23-24(29-21-19(32(22)23)11-12-27-21)37(34,35)20-10-8-7-9-15(20)2/h7-12,16-18,27H,6,13-14H2,1-5H3,(H,28,33)/t16-,17+,18+/m1/s1. The third-order valence-electron chi connectivity index (χ3n) is 6.95. The van der Waals surface area contributed by atoms with E-state index in [0.717, 1.165) is 12.8 Å². The molecule has 0 spiro atoms. The summed E-state index contributed by atoms with van der Waals surface area (Å²) in [6, 6.07) is 8.59. The summed E-state index contributed by atoms with van der Waals surface area (Å²) in [5, 5.41) is 11.8. The van der Waals surface area contributed by atoms with Gasteiger partial charge in [-0.2, -0.15) is 0 Å². The summed E-state index contributed by atoms with van der Waals surface area (Å²) in [4.78, 5) is 20.1. The number of aromatic amines is 1. The maximum absolute atomic E-state index is 13.8. The van der Waals surface area contributed by atoms with Gasteiger partial charge in [0.1, 0.15) is 11.4 Å². The van der Waals surface area contributed by atoms with Crippen LogP contribution in [0.15, 0.2) is 46.5 Å². The molecule has 0 aliphatic heterocycles. The number of H-pyrrole nitrogens is 1. The summed E-state index contributed by atoms with van der Waals surface area (Å²) >= 11 is 0. The van der Waals surface area contributed by atoms with E-state index in [1.165, 1.54) is 0 Å². The minimum absolute atomic E-state index is 0.0329. The molecular weight excluding hydrogens is 492 g/mol. The second-order valence-electron chi connectivity index (χ2n) is 10.7. The van der Waals surface area contributed by atoms with E-state index >= 15 is 0 Å². The number of carbonyl (C=O) groups is 1. The predicted molar refractivity (Wildman–Crippen MR) is 138 cm³/mol. The molecule has 1 aliphatic rings. The van der Waals surface area contributed by atoms with Crippen LogP contribution < -0.4 is 5.32 Å². The normalized spacial score (nSPS) is 20.5. The summed E-state index contributed by atoms with van der Waals surface area (Å²) in [6.45, 7) is 9.37. The summed E-state index contributed by atoms with van der Waals surface area (Å²) in [7, 11) is -3.97. The zero-order valence-corrected chi connectivity index (χ0v) is 22.5. The van der Waals surface area contributed by atoms with Crippen molar-refractivity contribution in [3.63, 3.8) is 0 Å². The van der Waals surface area contributed by atoms with Crippen LogP contribution in [0.5, 0.6) is 0 Å². The Kier molecular flexibility index (Phi) is 6.21. The summed E-state index contributed by atoms with van der Waals surface area (Å²) < 4.78 is 34.8. The first-order valence-corrected chi connectivity index (χ1v) is 14.0. The van der Waals surface area contributed by atoms with E-state index in [2.05, 4.69) is 32.4 Å². The fourth-order valence-electron chi connectivity index (χ4n) is 5.31. The van der Waals surface area contributed by atoms with E-state index in [4.69, 9.17) is 4.74 Å². The molecule has 2 N–H and O–H groups in total. The van der Waals surface area contributed by atoms with Gasteiger partial charge in [0.2, 0.25) is 14.9 Å². The first-order chi connectivity index (χ1) is 17.5. The lowest BCUT2D eigenvalue weighted by Gasteiger charge is -2.21. The van der Waals surface area contributed by atoms with Gasteiger partial charge >= 0.3 is 6.09 Å². The van der Waals surface area contributed by atoms with Gasteiger partial charge in [-0.1, -0.05) is 31.5 Å².